The Morgan fingerprint density at radius 3 is 2.55 bits per heavy atom. The predicted octanol–water partition coefficient (Wildman–Crippen LogP) is 3.63. The number of nitriles is 1. The monoisotopic (exact) mass is 266 g/mol. The minimum atomic E-state index is 0.207. The maximum Gasteiger partial charge on any atom is 0.127 e. The smallest absolute Gasteiger partial charge is 0.127 e. The molecule has 0 heterocycles. The maximum absolute atomic E-state index is 8.76. The van der Waals surface area contributed by atoms with Crippen molar-refractivity contribution in [3.63, 3.8) is 0 Å². The highest BCUT2D eigenvalue weighted by molar-refractivity contribution is 5.38. The Hall–Kier alpha value is -2.31. The summed E-state index contributed by atoms with van der Waals surface area (Å²) < 4.78 is 5.78. The number of benzene rings is 2. The average Bonchev–Trinajstić information content (AvgIpc) is 2.46. The standard InChI is InChI=1S/C17H18N2O/c1-13(19)5-6-14-3-2-4-17(11-14)20-16-9-7-15(12-18)8-10-16/h2-4,7-11,13H,5-6,19H2,1H3. The first-order valence-electron chi connectivity index (χ1n) is 6.70. The van der Waals surface area contributed by atoms with Crippen LogP contribution in [0, 0.1) is 11.3 Å². The van der Waals surface area contributed by atoms with Crippen LogP contribution in [-0.2, 0) is 6.42 Å². The minimum absolute atomic E-state index is 0.207. The highest BCUT2D eigenvalue weighted by Gasteiger charge is 2.01. The van der Waals surface area contributed by atoms with Crippen LogP contribution in [0.25, 0.3) is 0 Å². The quantitative estimate of drug-likeness (QED) is 0.899. The normalized spacial score (nSPS) is 11.7. The zero-order valence-electron chi connectivity index (χ0n) is 11.5. The van der Waals surface area contributed by atoms with Crippen LogP contribution < -0.4 is 10.5 Å². The van der Waals surface area contributed by atoms with E-state index in [9.17, 15) is 0 Å². The molecule has 2 rings (SSSR count). The summed E-state index contributed by atoms with van der Waals surface area (Å²) in [5.41, 5.74) is 7.62. The van der Waals surface area contributed by atoms with E-state index in [-0.39, 0.29) is 6.04 Å². The summed E-state index contributed by atoms with van der Waals surface area (Å²) in [6, 6.07) is 17.4. The van der Waals surface area contributed by atoms with Crippen molar-refractivity contribution in [1.29, 1.82) is 5.26 Å². The molecule has 3 heteroatoms. The Morgan fingerprint density at radius 2 is 1.90 bits per heavy atom. The molecule has 2 aromatic rings. The first kappa shape index (κ1) is 14.1. The molecule has 2 aromatic carbocycles. The van der Waals surface area contributed by atoms with Crippen LogP contribution in [0.2, 0.25) is 0 Å². The van der Waals surface area contributed by atoms with Crippen molar-refractivity contribution in [2.45, 2.75) is 25.8 Å². The molecule has 0 amide bonds. The number of nitrogens with zero attached hydrogens (tertiary/aromatic N) is 1. The lowest BCUT2D eigenvalue weighted by Gasteiger charge is -2.09. The fourth-order valence-corrected chi connectivity index (χ4v) is 1.89. The van der Waals surface area contributed by atoms with Crippen LogP contribution in [0.1, 0.15) is 24.5 Å². The topological polar surface area (TPSA) is 59.0 Å². The Labute approximate surface area is 119 Å². The molecular weight excluding hydrogens is 248 g/mol. The van der Waals surface area contributed by atoms with E-state index in [2.05, 4.69) is 12.1 Å². The molecule has 0 fully saturated rings. The lowest BCUT2D eigenvalue weighted by atomic mass is 10.1. The van der Waals surface area contributed by atoms with Crippen molar-refractivity contribution in [2.75, 3.05) is 0 Å². The van der Waals surface area contributed by atoms with Crippen molar-refractivity contribution in [2.24, 2.45) is 5.73 Å². The fraction of sp³-hybridized carbons (Fsp3) is 0.235. The second kappa shape index (κ2) is 6.74. The van der Waals surface area contributed by atoms with E-state index in [1.165, 1.54) is 5.56 Å². The third-order valence-corrected chi connectivity index (χ3v) is 3.01. The second-order valence-electron chi connectivity index (χ2n) is 4.90. The summed E-state index contributed by atoms with van der Waals surface area (Å²) >= 11 is 0. The Balaban J connectivity index is 2.05. The molecule has 0 aliphatic carbocycles. The Kier molecular flexibility index (Phi) is 4.75. The van der Waals surface area contributed by atoms with Crippen molar-refractivity contribution in [1.82, 2.24) is 0 Å². The summed E-state index contributed by atoms with van der Waals surface area (Å²) in [6.45, 7) is 2.01. The Morgan fingerprint density at radius 1 is 1.15 bits per heavy atom. The lowest BCUT2D eigenvalue weighted by molar-refractivity contribution is 0.481. The lowest BCUT2D eigenvalue weighted by Crippen LogP contribution is -2.15. The predicted molar refractivity (Wildman–Crippen MR) is 79.6 cm³/mol. The van der Waals surface area contributed by atoms with Gasteiger partial charge in [0.25, 0.3) is 0 Å². The first-order valence-corrected chi connectivity index (χ1v) is 6.70. The molecular formula is C17H18N2O. The van der Waals surface area contributed by atoms with E-state index in [0.29, 0.717) is 5.56 Å². The summed E-state index contributed by atoms with van der Waals surface area (Å²) in [7, 11) is 0. The third-order valence-electron chi connectivity index (χ3n) is 3.01. The number of rotatable bonds is 5. The fourth-order valence-electron chi connectivity index (χ4n) is 1.89. The van der Waals surface area contributed by atoms with Crippen LogP contribution in [-0.4, -0.2) is 6.04 Å². The van der Waals surface area contributed by atoms with Gasteiger partial charge in [-0.05, 0) is 61.7 Å². The number of hydrogen-bond acceptors (Lipinski definition) is 3. The van der Waals surface area contributed by atoms with Gasteiger partial charge < -0.3 is 10.5 Å². The largest absolute Gasteiger partial charge is 0.457 e. The molecule has 2 N–H and O–H groups in total. The van der Waals surface area contributed by atoms with E-state index in [0.717, 1.165) is 24.3 Å². The van der Waals surface area contributed by atoms with Gasteiger partial charge in [-0.2, -0.15) is 5.26 Å². The van der Waals surface area contributed by atoms with E-state index in [4.69, 9.17) is 15.7 Å². The molecule has 1 atom stereocenters. The van der Waals surface area contributed by atoms with E-state index in [1.54, 1.807) is 24.3 Å². The zero-order chi connectivity index (χ0) is 14.4. The molecule has 102 valence electrons. The van der Waals surface area contributed by atoms with E-state index >= 15 is 0 Å². The first-order chi connectivity index (χ1) is 9.67. The maximum atomic E-state index is 8.76. The minimum Gasteiger partial charge on any atom is -0.457 e. The molecule has 0 saturated carbocycles. The van der Waals surface area contributed by atoms with Gasteiger partial charge >= 0.3 is 0 Å². The molecule has 3 nitrogen and oxygen atoms in total. The molecule has 1 unspecified atom stereocenters. The van der Waals surface area contributed by atoms with Gasteiger partial charge in [-0.15, -0.1) is 0 Å². The molecule has 0 bridgehead atoms. The summed E-state index contributed by atoms with van der Waals surface area (Å²) in [5, 5.41) is 8.76. The third kappa shape index (κ3) is 4.11. The van der Waals surface area contributed by atoms with Gasteiger partial charge in [0.2, 0.25) is 0 Å². The molecule has 0 aliphatic rings. The molecule has 0 aromatic heterocycles. The van der Waals surface area contributed by atoms with Gasteiger partial charge in [-0.3, -0.25) is 0 Å². The van der Waals surface area contributed by atoms with Gasteiger partial charge in [0, 0.05) is 6.04 Å². The van der Waals surface area contributed by atoms with Gasteiger partial charge in [0.15, 0.2) is 0 Å². The number of nitrogens with two attached hydrogens (primary N) is 1. The molecule has 20 heavy (non-hydrogen) atoms. The van der Waals surface area contributed by atoms with Crippen molar-refractivity contribution < 1.29 is 4.74 Å². The Bertz CT molecular complexity index is 597. The summed E-state index contributed by atoms with van der Waals surface area (Å²) in [6.07, 6.45) is 1.91. The van der Waals surface area contributed by atoms with E-state index in [1.807, 2.05) is 25.1 Å². The van der Waals surface area contributed by atoms with Crippen molar-refractivity contribution >= 4 is 0 Å². The van der Waals surface area contributed by atoms with Crippen LogP contribution >= 0.6 is 0 Å². The van der Waals surface area contributed by atoms with Crippen molar-refractivity contribution in [3.8, 4) is 17.6 Å². The van der Waals surface area contributed by atoms with Crippen LogP contribution in [0.4, 0.5) is 0 Å². The summed E-state index contributed by atoms with van der Waals surface area (Å²) in [5.74, 6) is 1.53. The molecule has 0 saturated heterocycles. The number of aryl methyl sites for hydroxylation is 1. The van der Waals surface area contributed by atoms with Gasteiger partial charge in [-0.25, -0.2) is 0 Å². The summed E-state index contributed by atoms with van der Waals surface area (Å²) in [4.78, 5) is 0. The average molecular weight is 266 g/mol. The molecule has 0 spiro atoms. The van der Waals surface area contributed by atoms with E-state index < -0.39 is 0 Å². The highest BCUT2D eigenvalue weighted by Crippen LogP contribution is 2.23. The van der Waals surface area contributed by atoms with Crippen LogP contribution in [0.3, 0.4) is 0 Å². The zero-order valence-corrected chi connectivity index (χ0v) is 11.5. The number of ether oxygens (including phenoxy) is 1. The number of hydrogen-bond donors (Lipinski definition) is 1. The van der Waals surface area contributed by atoms with Crippen molar-refractivity contribution in [3.05, 3.63) is 59.7 Å². The molecule has 0 radical (unpaired) electrons. The van der Waals surface area contributed by atoms with Gasteiger partial charge in [0.1, 0.15) is 11.5 Å². The van der Waals surface area contributed by atoms with Gasteiger partial charge in [0.05, 0.1) is 11.6 Å². The molecule has 0 aliphatic heterocycles. The van der Waals surface area contributed by atoms with Crippen LogP contribution in [0.15, 0.2) is 48.5 Å². The van der Waals surface area contributed by atoms with Gasteiger partial charge in [-0.1, -0.05) is 12.1 Å². The SMILES string of the molecule is CC(N)CCc1cccc(Oc2ccc(C#N)cc2)c1. The van der Waals surface area contributed by atoms with Crippen LogP contribution in [0.5, 0.6) is 11.5 Å². The highest BCUT2D eigenvalue weighted by atomic mass is 16.5. The second-order valence-corrected chi connectivity index (χ2v) is 4.90.